The Morgan fingerprint density at radius 2 is 1.18 bits per heavy atom. The van der Waals surface area contributed by atoms with Gasteiger partial charge in [0.25, 0.3) is 0 Å². The van der Waals surface area contributed by atoms with Crippen molar-refractivity contribution >= 4 is 21.9 Å². The van der Waals surface area contributed by atoms with Gasteiger partial charge in [0.1, 0.15) is 0 Å². The zero-order valence-corrected chi connectivity index (χ0v) is 11.5. The topological polar surface area (TPSA) is 0 Å². The molecule has 22 heavy (non-hydrogen) atoms. The smallest absolute Gasteiger partial charge is 0.166 e. The lowest BCUT2D eigenvalue weighted by molar-refractivity contribution is -0.0684. The zero-order chi connectivity index (χ0) is 15.3. The third-order valence-corrected chi connectivity index (χ3v) is 3.96. The first-order valence-corrected chi connectivity index (χ1v) is 6.96. The first-order valence-electron chi connectivity index (χ1n) is 6.96. The van der Waals surface area contributed by atoms with Gasteiger partial charge in [0, 0.05) is 5.57 Å². The number of rotatable bonds is 1. The van der Waals surface area contributed by atoms with E-state index in [1.807, 2.05) is 36.4 Å². The van der Waals surface area contributed by atoms with Gasteiger partial charge < -0.3 is 0 Å². The highest BCUT2D eigenvalue weighted by Crippen LogP contribution is 2.53. The normalized spacial score (nSPS) is 13.1. The minimum atomic E-state index is -4.37. The van der Waals surface area contributed by atoms with Crippen LogP contribution in [0.3, 0.4) is 0 Å². The number of hydrogen-bond acceptors (Lipinski definition) is 0. The van der Waals surface area contributed by atoms with E-state index in [2.05, 4.69) is 0 Å². The molecule has 0 aromatic heterocycles. The van der Waals surface area contributed by atoms with Gasteiger partial charge >= 0.3 is 6.18 Å². The van der Waals surface area contributed by atoms with Crippen LogP contribution in [0.2, 0.25) is 0 Å². The Kier molecular flexibility index (Phi) is 2.67. The summed E-state index contributed by atoms with van der Waals surface area (Å²) in [4.78, 5) is 0. The van der Waals surface area contributed by atoms with E-state index in [-0.39, 0.29) is 5.56 Å². The molecule has 0 saturated carbocycles. The fourth-order valence-corrected chi connectivity index (χ4v) is 2.93. The summed E-state index contributed by atoms with van der Waals surface area (Å²) in [5, 5.41) is 1.93. The standard InChI is InChI=1S/C19H11F3/c20-19(21,22)18(12-6-2-1-3-7-12)17-15-10-13-8-4-5-9-14(13)11-16(15)17/h1-11H. The van der Waals surface area contributed by atoms with Gasteiger partial charge in [-0.15, -0.1) is 0 Å². The molecule has 1 aliphatic carbocycles. The molecule has 0 aliphatic heterocycles. The number of hydrogen-bond donors (Lipinski definition) is 0. The van der Waals surface area contributed by atoms with Crippen molar-refractivity contribution in [2.75, 3.05) is 0 Å². The average molecular weight is 296 g/mol. The minimum absolute atomic E-state index is 0.213. The second-order valence-electron chi connectivity index (χ2n) is 5.36. The van der Waals surface area contributed by atoms with E-state index < -0.39 is 11.7 Å². The van der Waals surface area contributed by atoms with Gasteiger partial charge in [0.2, 0.25) is 0 Å². The number of fused-ring (bicyclic) bond motifs is 2. The molecule has 4 rings (SSSR count). The van der Waals surface area contributed by atoms with Crippen molar-refractivity contribution < 1.29 is 13.2 Å². The summed E-state index contributed by atoms with van der Waals surface area (Å²) in [6.45, 7) is 0. The summed E-state index contributed by atoms with van der Waals surface area (Å²) in [6, 6.07) is 19.3. The molecule has 0 unspecified atom stereocenters. The molecule has 0 heterocycles. The van der Waals surface area contributed by atoms with Crippen LogP contribution in [0.1, 0.15) is 16.7 Å². The molecule has 0 N–H and O–H groups in total. The van der Waals surface area contributed by atoms with Gasteiger partial charge in [-0.2, -0.15) is 13.2 Å². The van der Waals surface area contributed by atoms with Gasteiger partial charge in [0.15, 0.2) is 0 Å². The fraction of sp³-hybridized carbons (Fsp3) is 0.0526. The van der Waals surface area contributed by atoms with E-state index in [4.69, 9.17) is 0 Å². The summed E-state index contributed by atoms with van der Waals surface area (Å²) in [5.74, 6) is 0. The highest BCUT2D eigenvalue weighted by Gasteiger charge is 2.43. The molecule has 3 aromatic rings. The largest absolute Gasteiger partial charge is 0.417 e. The van der Waals surface area contributed by atoms with Gasteiger partial charge in [-0.25, -0.2) is 0 Å². The molecule has 0 spiro atoms. The van der Waals surface area contributed by atoms with Crippen LogP contribution in [0.25, 0.3) is 21.9 Å². The van der Waals surface area contributed by atoms with E-state index in [0.717, 1.165) is 10.8 Å². The molecule has 0 amide bonds. The van der Waals surface area contributed by atoms with Crippen LogP contribution in [0.5, 0.6) is 0 Å². The Balaban J connectivity index is 1.96. The number of alkyl halides is 3. The summed E-state index contributed by atoms with van der Waals surface area (Å²) in [7, 11) is 0. The minimum Gasteiger partial charge on any atom is -0.166 e. The molecule has 108 valence electrons. The fourth-order valence-electron chi connectivity index (χ4n) is 2.93. The monoisotopic (exact) mass is 296 g/mol. The summed E-state index contributed by atoms with van der Waals surface area (Å²) < 4.78 is 40.7. The van der Waals surface area contributed by atoms with Gasteiger partial charge in [0.05, 0.1) is 5.57 Å². The van der Waals surface area contributed by atoms with Crippen molar-refractivity contribution in [3.05, 3.63) is 83.4 Å². The molecule has 0 nitrogen and oxygen atoms in total. The Hall–Kier alpha value is -2.55. The van der Waals surface area contributed by atoms with Crippen molar-refractivity contribution in [1.82, 2.24) is 0 Å². The zero-order valence-electron chi connectivity index (χ0n) is 11.5. The van der Waals surface area contributed by atoms with E-state index in [0.29, 0.717) is 16.7 Å². The SMILES string of the molecule is FC(F)(F)C(=C1c2cc3ccccc3cc21)c1ccccc1. The quantitative estimate of drug-likeness (QED) is 0.424. The van der Waals surface area contributed by atoms with Gasteiger partial charge in [-0.1, -0.05) is 54.6 Å². The van der Waals surface area contributed by atoms with Crippen molar-refractivity contribution in [1.29, 1.82) is 0 Å². The van der Waals surface area contributed by atoms with E-state index in [9.17, 15) is 13.2 Å². The summed E-state index contributed by atoms with van der Waals surface area (Å²) >= 11 is 0. The van der Waals surface area contributed by atoms with Crippen molar-refractivity contribution in [2.24, 2.45) is 0 Å². The molecular weight excluding hydrogens is 285 g/mol. The maximum atomic E-state index is 13.6. The maximum absolute atomic E-state index is 13.6. The molecule has 0 fully saturated rings. The molecule has 3 heteroatoms. The lowest BCUT2D eigenvalue weighted by Gasteiger charge is -2.11. The summed E-state index contributed by atoms with van der Waals surface area (Å²) in [5.41, 5.74) is 1.41. The van der Waals surface area contributed by atoms with E-state index in [1.165, 1.54) is 12.1 Å². The highest BCUT2D eigenvalue weighted by molar-refractivity contribution is 6.16. The van der Waals surface area contributed by atoms with Crippen LogP contribution in [-0.2, 0) is 0 Å². The average Bonchev–Trinajstić information content (AvgIpc) is 3.17. The van der Waals surface area contributed by atoms with Crippen molar-refractivity contribution in [3.63, 3.8) is 0 Å². The third-order valence-electron chi connectivity index (χ3n) is 3.96. The van der Waals surface area contributed by atoms with Crippen LogP contribution >= 0.6 is 0 Å². The number of benzene rings is 3. The third kappa shape index (κ3) is 2.01. The van der Waals surface area contributed by atoms with E-state index >= 15 is 0 Å². The molecule has 0 radical (unpaired) electrons. The van der Waals surface area contributed by atoms with Crippen LogP contribution < -0.4 is 0 Å². The van der Waals surface area contributed by atoms with Crippen LogP contribution in [0, 0.1) is 0 Å². The van der Waals surface area contributed by atoms with Crippen molar-refractivity contribution in [3.8, 4) is 0 Å². The maximum Gasteiger partial charge on any atom is 0.417 e. The van der Waals surface area contributed by atoms with E-state index in [1.54, 1.807) is 18.2 Å². The molecule has 0 bridgehead atoms. The summed E-state index contributed by atoms with van der Waals surface area (Å²) in [6.07, 6.45) is -4.37. The Bertz CT molecular complexity index is 858. The highest BCUT2D eigenvalue weighted by atomic mass is 19.4. The lowest BCUT2D eigenvalue weighted by atomic mass is 10.0. The predicted molar refractivity (Wildman–Crippen MR) is 82.4 cm³/mol. The number of halogens is 3. The Morgan fingerprint density at radius 1 is 0.682 bits per heavy atom. The van der Waals surface area contributed by atoms with Crippen LogP contribution in [-0.4, -0.2) is 6.18 Å². The Morgan fingerprint density at radius 3 is 1.68 bits per heavy atom. The van der Waals surface area contributed by atoms with Gasteiger partial charge in [-0.3, -0.25) is 0 Å². The van der Waals surface area contributed by atoms with Crippen molar-refractivity contribution in [2.45, 2.75) is 6.18 Å². The van der Waals surface area contributed by atoms with Crippen LogP contribution in [0.4, 0.5) is 13.2 Å². The van der Waals surface area contributed by atoms with Gasteiger partial charge in [-0.05, 0) is 39.6 Å². The van der Waals surface area contributed by atoms with Crippen LogP contribution in [0.15, 0.2) is 66.7 Å². The molecular formula is C19H11F3. The number of allylic oxidation sites excluding steroid dienone is 1. The molecule has 1 aliphatic rings. The Labute approximate surface area is 125 Å². The first kappa shape index (κ1) is 13.1. The molecule has 3 aromatic carbocycles. The predicted octanol–water partition coefficient (Wildman–Crippen LogP) is 5.67. The molecule has 0 saturated heterocycles. The first-order chi connectivity index (χ1) is 10.6. The second-order valence-corrected chi connectivity index (χ2v) is 5.36. The second kappa shape index (κ2) is 4.47. The molecule has 0 atom stereocenters. The lowest BCUT2D eigenvalue weighted by Crippen LogP contribution is -2.10.